The number of hydrogen-bond acceptors (Lipinski definition) is 4. The molecule has 0 fully saturated rings. The van der Waals surface area contributed by atoms with Crippen LogP contribution in [-0.4, -0.2) is 49.1 Å². The maximum Gasteiger partial charge on any atom is 0.138 e. The van der Waals surface area contributed by atoms with Crippen molar-refractivity contribution in [3.63, 3.8) is 0 Å². The minimum atomic E-state index is 0.156. The van der Waals surface area contributed by atoms with E-state index in [9.17, 15) is 5.11 Å². The fourth-order valence-corrected chi connectivity index (χ4v) is 1.75. The van der Waals surface area contributed by atoms with Crippen molar-refractivity contribution in [2.24, 2.45) is 0 Å². The molecule has 0 amide bonds. The van der Waals surface area contributed by atoms with E-state index < -0.39 is 0 Å². The Balaban J connectivity index is 2.39. The number of anilines is 1. The average Bonchev–Trinajstić information content (AvgIpc) is 2.23. The van der Waals surface area contributed by atoms with Gasteiger partial charge in [-0.05, 0) is 58.3 Å². The third-order valence-corrected chi connectivity index (χ3v) is 2.69. The summed E-state index contributed by atoms with van der Waals surface area (Å²) in [5, 5.41) is 9.34. The van der Waals surface area contributed by atoms with Gasteiger partial charge in [-0.1, -0.05) is 6.07 Å². The quantitative estimate of drug-likeness (QED) is 0.579. The number of hydrogen-bond donors (Lipinski definition) is 2. The highest BCUT2D eigenvalue weighted by molar-refractivity contribution is 5.53. The molecule has 0 unspecified atom stereocenters. The molecule has 0 spiro atoms. The predicted molar refractivity (Wildman–Crippen MR) is 72.0 cm³/mol. The molecule has 4 nitrogen and oxygen atoms in total. The maximum atomic E-state index is 9.34. The van der Waals surface area contributed by atoms with Crippen molar-refractivity contribution in [2.75, 3.05) is 40.0 Å². The zero-order chi connectivity index (χ0) is 12.8. The van der Waals surface area contributed by atoms with Gasteiger partial charge in [0.05, 0.1) is 5.69 Å². The molecule has 0 aliphatic rings. The maximum absolute atomic E-state index is 9.34. The van der Waals surface area contributed by atoms with E-state index >= 15 is 0 Å². The fraction of sp³-hybridized carbons (Fsp3) is 0.538. The highest BCUT2D eigenvalue weighted by atomic mass is 16.3. The van der Waals surface area contributed by atoms with Crippen LogP contribution in [0.4, 0.5) is 5.69 Å². The minimum Gasteiger partial charge on any atom is -0.506 e. The predicted octanol–water partition coefficient (Wildman–Crippen LogP) is 1.36. The van der Waals surface area contributed by atoms with Gasteiger partial charge >= 0.3 is 0 Å². The number of aromatic hydroxyl groups is 1. The van der Waals surface area contributed by atoms with Crippen molar-refractivity contribution in [1.29, 1.82) is 0 Å². The lowest BCUT2D eigenvalue weighted by molar-refractivity contribution is 0.294. The molecule has 0 aromatic heterocycles. The summed E-state index contributed by atoms with van der Waals surface area (Å²) in [4.78, 5) is 4.45. The number of phenols is 1. The second kappa shape index (κ2) is 6.47. The monoisotopic (exact) mass is 237 g/mol. The van der Waals surface area contributed by atoms with E-state index in [1.165, 1.54) is 0 Å². The molecular formula is C13H23N3O. The molecule has 0 saturated carbocycles. The van der Waals surface area contributed by atoms with Gasteiger partial charge in [-0.25, -0.2) is 0 Å². The van der Waals surface area contributed by atoms with Gasteiger partial charge in [-0.15, -0.1) is 0 Å². The summed E-state index contributed by atoms with van der Waals surface area (Å²) in [6, 6.07) is 5.39. The molecule has 0 saturated heterocycles. The zero-order valence-electron chi connectivity index (χ0n) is 11.0. The SMILES string of the molecule is CN(C)CCCN(C)Cc1ccc(O)c(N)c1. The molecule has 3 N–H and O–H groups in total. The molecule has 1 rings (SSSR count). The molecule has 0 aliphatic heterocycles. The molecule has 0 heterocycles. The van der Waals surface area contributed by atoms with Crippen LogP contribution < -0.4 is 5.73 Å². The Kier molecular flexibility index (Phi) is 5.25. The normalized spacial score (nSPS) is 11.4. The summed E-state index contributed by atoms with van der Waals surface area (Å²) in [7, 11) is 6.26. The van der Waals surface area contributed by atoms with Crippen molar-refractivity contribution >= 4 is 5.69 Å². The van der Waals surface area contributed by atoms with Gasteiger partial charge < -0.3 is 20.6 Å². The van der Waals surface area contributed by atoms with Crippen molar-refractivity contribution in [3.8, 4) is 5.75 Å². The lowest BCUT2D eigenvalue weighted by Gasteiger charge is -2.18. The van der Waals surface area contributed by atoms with Crippen LogP contribution in [0, 0.1) is 0 Å². The van der Waals surface area contributed by atoms with Crippen LogP contribution in [0.25, 0.3) is 0 Å². The first-order valence-electron chi connectivity index (χ1n) is 5.89. The first-order valence-corrected chi connectivity index (χ1v) is 5.89. The van der Waals surface area contributed by atoms with E-state index in [1.54, 1.807) is 6.07 Å². The molecule has 0 atom stereocenters. The molecule has 0 aliphatic carbocycles. The Morgan fingerprint density at radius 1 is 1.18 bits per heavy atom. The molecular weight excluding hydrogens is 214 g/mol. The van der Waals surface area contributed by atoms with Crippen LogP contribution in [0.2, 0.25) is 0 Å². The number of benzene rings is 1. The highest BCUT2D eigenvalue weighted by Gasteiger charge is 2.03. The Morgan fingerprint density at radius 3 is 2.47 bits per heavy atom. The van der Waals surface area contributed by atoms with Gasteiger partial charge in [0.15, 0.2) is 0 Å². The fourth-order valence-electron chi connectivity index (χ4n) is 1.75. The Morgan fingerprint density at radius 2 is 1.88 bits per heavy atom. The summed E-state index contributed by atoms with van der Waals surface area (Å²) in [6.45, 7) is 3.01. The highest BCUT2D eigenvalue weighted by Crippen LogP contribution is 2.20. The lowest BCUT2D eigenvalue weighted by atomic mass is 10.2. The van der Waals surface area contributed by atoms with Gasteiger partial charge in [-0.2, -0.15) is 0 Å². The van der Waals surface area contributed by atoms with Crippen LogP contribution >= 0.6 is 0 Å². The van der Waals surface area contributed by atoms with Gasteiger partial charge in [-0.3, -0.25) is 0 Å². The molecule has 0 radical (unpaired) electrons. The number of nitrogen functional groups attached to an aromatic ring is 1. The minimum absolute atomic E-state index is 0.156. The third-order valence-electron chi connectivity index (χ3n) is 2.69. The van der Waals surface area contributed by atoms with Crippen LogP contribution in [0.1, 0.15) is 12.0 Å². The van der Waals surface area contributed by atoms with Crippen molar-refractivity contribution in [3.05, 3.63) is 23.8 Å². The average molecular weight is 237 g/mol. The number of nitrogens with two attached hydrogens (primary N) is 1. The largest absolute Gasteiger partial charge is 0.506 e. The molecule has 17 heavy (non-hydrogen) atoms. The summed E-state index contributed by atoms with van der Waals surface area (Å²) in [5.74, 6) is 0.156. The lowest BCUT2D eigenvalue weighted by Crippen LogP contribution is -2.23. The van der Waals surface area contributed by atoms with Crippen molar-refractivity contribution in [1.82, 2.24) is 9.80 Å². The number of nitrogens with zero attached hydrogens (tertiary/aromatic N) is 2. The summed E-state index contributed by atoms with van der Waals surface area (Å²) < 4.78 is 0. The van der Waals surface area contributed by atoms with E-state index in [4.69, 9.17) is 5.73 Å². The molecule has 0 bridgehead atoms. The summed E-state index contributed by atoms with van der Waals surface area (Å²) in [6.07, 6.45) is 1.15. The Bertz CT molecular complexity index is 353. The van der Waals surface area contributed by atoms with E-state index in [-0.39, 0.29) is 5.75 Å². The topological polar surface area (TPSA) is 52.7 Å². The van der Waals surface area contributed by atoms with Crippen LogP contribution in [0.5, 0.6) is 5.75 Å². The van der Waals surface area contributed by atoms with Gasteiger partial charge in [0.1, 0.15) is 5.75 Å². The third kappa shape index (κ3) is 5.06. The van der Waals surface area contributed by atoms with E-state index in [1.807, 2.05) is 12.1 Å². The van der Waals surface area contributed by atoms with Gasteiger partial charge in [0.2, 0.25) is 0 Å². The Hall–Kier alpha value is -1.26. The molecule has 1 aromatic rings. The Labute approximate surface area is 104 Å². The number of phenolic OH excluding ortho intramolecular Hbond substituents is 1. The summed E-state index contributed by atoms with van der Waals surface area (Å²) in [5.41, 5.74) is 7.24. The standard InChI is InChI=1S/C13H23N3O/c1-15(2)7-4-8-16(3)10-11-5-6-13(17)12(14)9-11/h5-6,9,17H,4,7-8,10,14H2,1-3H3. The van der Waals surface area contributed by atoms with Gasteiger partial charge in [0.25, 0.3) is 0 Å². The second-order valence-electron chi connectivity index (χ2n) is 4.79. The van der Waals surface area contributed by atoms with E-state index in [0.29, 0.717) is 5.69 Å². The molecule has 4 heteroatoms. The zero-order valence-corrected chi connectivity index (χ0v) is 11.0. The smallest absolute Gasteiger partial charge is 0.138 e. The van der Waals surface area contributed by atoms with Crippen LogP contribution in [-0.2, 0) is 6.54 Å². The van der Waals surface area contributed by atoms with Crippen LogP contribution in [0.15, 0.2) is 18.2 Å². The van der Waals surface area contributed by atoms with E-state index in [2.05, 4.69) is 30.9 Å². The summed E-state index contributed by atoms with van der Waals surface area (Å²) >= 11 is 0. The van der Waals surface area contributed by atoms with Crippen molar-refractivity contribution in [2.45, 2.75) is 13.0 Å². The van der Waals surface area contributed by atoms with Crippen molar-refractivity contribution < 1.29 is 5.11 Å². The van der Waals surface area contributed by atoms with E-state index in [0.717, 1.165) is 31.6 Å². The molecule has 96 valence electrons. The first kappa shape index (κ1) is 13.8. The number of rotatable bonds is 6. The molecule has 1 aromatic carbocycles. The first-order chi connectivity index (χ1) is 7.99. The van der Waals surface area contributed by atoms with Gasteiger partial charge in [0, 0.05) is 6.54 Å². The van der Waals surface area contributed by atoms with Crippen LogP contribution in [0.3, 0.4) is 0 Å². The second-order valence-corrected chi connectivity index (χ2v) is 4.79.